The minimum atomic E-state index is -0.412. The van der Waals surface area contributed by atoms with E-state index < -0.39 is 5.82 Å². The van der Waals surface area contributed by atoms with Crippen LogP contribution in [0.15, 0.2) is 18.2 Å². The molecular weight excluding hydrogens is 221 g/mol. The second-order valence-corrected chi connectivity index (χ2v) is 3.62. The fraction of sp³-hybridized carbons (Fsp3) is 0.462. The van der Waals surface area contributed by atoms with Gasteiger partial charge in [0.1, 0.15) is 5.82 Å². The highest BCUT2D eigenvalue weighted by molar-refractivity contribution is 5.33. The van der Waals surface area contributed by atoms with Gasteiger partial charge in [-0.1, -0.05) is 6.92 Å². The first-order chi connectivity index (χ1) is 8.26. The molecule has 0 radical (unpaired) electrons. The lowest BCUT2D eigenvalue weighted by atomic mass is 10.1. The van der Waals surface area contributed by atoms with Crippen LogP contribution in [-0.4, -0.2) is 19.8 Å². The molecule has 1 aromatic carbocycles. The van der Waals surface area contributed by atoms with Crippen molar-refractivity contribution in [2.75, 3.05) is 19.8 Å². The monoisotopic (exact) mass is 237 g/mol. The van der Waals surface area contributed by atoms with E-state index in [2.05, 4.69) is 0 Å². The summed E-state index contributed by atoms with van der Waals surface area (Å²) in [4.78, 5) is 0. The largest absolute Gasteiger partial charge is 0.379 e. The zero-order chi connectivity index (χ0) is 12.5. The van der Waals surface area contributed by atoms with Crippen molar-refractivity contribution in [3.63, 3.8) is 0 Å². The Kier molecular flexibility index (Phi) is 6.23. The van der Waals surface area contributed by atoms with Crippen LogP contribution in [-0.2, 0) is 16.1 Å². The van der Waals surface area contributed by atoms with E-state index in [9.17, 15) is 4.39 Å². The van der Waals surface area contributed by atoms with E-state index >= 15 is 0 Å². The van der Waals surface area contributed by atoms with E-state index in [1.54, 1.807) is 6.07 Å². The number of ether oxygens (including phenoxy) is 2. The van der Waals surface area contributed by atoms with E-state index in [1.165, 1.54) is 12.1 Å². The Hall–Kier alpha value is -1.44. The van der Waals surface area contributed by atoms with Crippen LogP contribution in [0.25, 0.3) is 0 Å². The Morgan fingerprint density at radius 1 is 1.18 bits per heavy atom. The van der Waals surface area contributed by atoms with Gasteiger partial charge < -0.3 is 9.47 Å². The highest BCUT2D eigenvalue weighted by Crippen LogP contribution is 2.09. The molecule has 0 aliphatic rings. The van der Waals surface area contributed by atoms with E-state index in [0.29, 0.717) is 30.9 Å². The first kappa shape index (κ1) is 13.6. The highest BCUT2D eigenvalue weighted by atomic mass is 19.1. The first-order valence-corrected chi connectivity index (χ1v) is 5.61. The Morgan fingerprint density at radius 2 is 1.94 bits per heavy atom. The van der Waals surface area contributed by atoms with Gasteiger partial charge in [-0.15, -0.1) is 0 Å². The number of rotatable bonds is 7. The first-order valence-electron chi connectivity index (χ1n) is 5.61. The molecule has 0 fully saturated rings. The standard InChI is InChI=1S/C13H16FNO2/c1-2-3-16-4-5-17-10-12-6-11(9-15)7-13(14)8-12/h6-8H,2-5,10H2,1H3. The predicted molar refractivity (Wildman–Crippen MR) is 61.9 cm³/mol. The summed E-state index contributed by atoms with van der Waals surface area (Å²) in [5, 5.41) is 8.68. The van der Waals surface area contributed by atoms with E-state index in [0.717, 1.165) is 13.0 Å². The lowest BCUT2D eigenvalue weighted by Crippen LogP contribution is -2.05. The zero-order valence-electron chi connectivity index (χ0n) is 9.91. The van der Waals surface area contributed by atoms with Crippen LogP contribution in [0.3, 0.4) is 0 Å². The second kappa shape index (κ2) is 7.77. The fourth-order valence-corrected chi connectivity index (χ4v) is 1.35. The summed E-state index contributed by atoms with van der Waals surface area (Å²) in [6.07, 6.45) is 0.982. The summed E-state index contributed by atoms with van der Waals surface area (Å²) in [5.41, 5.74) is 0.975. The molecule has 0 N–H and O–H groups in total. The van der Waals surface area contributed by atoms with Crippen molar-refractivity contribution in [1.82, 2.24) is 0 Å². The fourth-order valence-electron chi connectivity index (χ4n) is 1.35. The molecule has 0 atom stereocenters. The molecule has 0 aromatic heterocycles. The predicted octanol–water partition coefficient (Wildman–Crippen LogP) is 2.64. The molecule has 0 spiro atoms. The van der Waals surface area contributed by atoms with Gasteiger partial charge >= 0.3 is 0 Å². The van der Waals surface area contributed by atoms with E-state index in [1.807, 2.05) is 13.0 Å². The number of benzene rings is 1. The van der Waals surface area contributed by atoms with Crippen molar-refractivity contribution in [2.24, 2.45) is 0 Å². The van der Waals surface area contributed by atoms with Crippen LogP contribution in [0.5, 0.6) is 0 Å². The van der Waals surface area contributed by atoms with Crippen molar-refractivity contribution in [3.8, 4) is 6.07 Å². The molecule has 0 heterocycles. The number of halogens is 1. The third-order valence-electron chi connectivity index (χ3n) is 2.08. The lowest BCUT2D eigenvalue weighted by molar-refractivity contribution is 0.0407. The molecule has 0 aliphatic heterocycles. The van der Waals surface area contributed by atoms with Crippen molar-refractivity contribution in [1.29, 1.82) is 5.26 Å². The quantitative estimate of drug-likeness (QED) is 0.685. The molecule has 1 rings (SSSR count). The normalized spacial score (nSPS) is 10.2. The Morgan fingerprint density at radius 3 is 2.65 bits per heavy atom. The van der Waals surface area contributed by atoms with Crippen LogP contribution in [0.4, 0.5) is 4.39 Å². The average Bonchev–Trinajstić information content (AvgIpc) is 2.33. The smallest absolute Gasteiger partial charge is 0.124 e. The van der Waals surface area contributed by atoms with Crippen LogP contribution < -0.4 is 0 Å². The van der Waals surface area contributed by atoms with Crippen LogP contribution in [0.1, 0.15) is 24.5 Å². The maximum absolute atomic E-state index is 13.1. The van der Waals surface area contributed by atoms with Gasteiger partial charge in [0.05, 0.1) is 31.5 Å². The van der Waals surface area contributed by atoms with Gasteiger partial charge in [-0.3, -0.25) is 0 Å². The van der Waals surface area contributed by atoms with Crippen molar-refractivity contribution >= 4 is 0 Å². The van der Waals surface area contributed by atoms with Crippen LogP contribution >= 0.6 is 0 Å². The molecule has 0 saturated carbocycles. The maximum atomic E-state index is 13.1. The maximum Gasteiger partial charge on any atom is 0.124 e. The summed E-state index contributed by atoms with van der Waals surface area (Å²) >= 11 is 0. The van der Waals surface area contributed by atoms with Gasteiger partial charge in [0.2, 0.25) is 0 Å². The minimum Gasteiger partial charge on any atom is -0.379 e. The molecule has 0 saturated heterocycles. The third-order valence-corrected chi connectivity index (χ3v) is 2.08. The minimum absolute atomic E-state index is 0.294. The van der Waals surface area contributed by atoms with Crippen LogP contribution in [0.2, 0.25) is 0 Å². The number of nitriles is 1. The molecule has 17 heavy (non-hydrogen) atoms. The molecule has 0 amide bonds. The number of hydrogen-bond donors (Lipinski definition) is 0. The summed E-state index contributed by atoms with van der Waals surface area (Å²) in [7, 11) is 0. The van der Waals surface area contributed by atoms with Gasteiger partial charge in [-0.25, -0.2) is 4.39 Å². The zero-order valence-corrected chi connectivity index (χ0v) is 9.91. The van der Waals surface area contributed by atoms with Crippen molar-refractivity contribution < 1.29 is 13.9 Å². The summed E-state index contributed by atoms with van der Waals surface area (Å²) < 4.78 is 23.6. The highest BCUT2D eigenvalue weighted by Gasteiger charge is 2.00. The number of nitrogens with zero attached hydrogens (tertiary/aromatic N) is 1. The van der Waals surface area contributed by atoms with E-state index in [4.69, 9.17) is 14.7 Å². The van der Waals surface area contributed by atoms with Gasteiger partial charge in [0.25, 0.3) is 0 Å². The molecular formula is C13H16FNO2. The molecule has 0 unspecified atom stereocenters. The molecule has 0 bridgehead atoms. The van der Waals surface area contributed by atoms with Gasteiger partial charge in [0.15, 0.2) is 0 Å². The molecule has 4 heteroatoms. The van der Waals surface area contributed by atoms with Gasteiger partial charge in [0, 0.05) is 6.61 Å². The molecule has 3 nitrogen and oxygen atoms in total. The average molecular weight is 237 g/mol. The summed E-state index contributed by atoms with van der Waals surface area (Å²) in [6.45, 7) is 4.06. The van der Waals surface area contributed by atoms with Crippen molar-refractivity contribution in [2.45, 2.75) is 20.0 Å². The molecule has 0 aliphatic carbocycles. The third kappa shape index (κ3) is 5.43. The second-order valence-electron chi connectivity index (χ2n) is 3.62. The van der Waals surface area contributed by atoms with Crippen LogP contribution in [0, 0.1) is 17.1 Å². The molecule has 92 valence electrons. The van der Waals surface area contributed by atoms with Gasteiger partial charge in [-0.05, 0) is 30.2 Å². The topological polar surface area (TPSA) is 42.2 Å². The Bertz CT molecular complexity index is 387. The van der Waals surface area contributed by atoms with Gasteiger partial charge in [-0.2, -0.15) is 5.26 Å². The van der Waals surface area contributed by atoms with Crippen molar-refractivity contribution in [3.05, 3.63) is 35.1 Å². The summed E-state index contributed by atoms with van der Waals surface area (Å²) in [6, 6.07) is 6.10. The SMILES string of the molecule is CCCOCCOCc1cc(F)cc(C#N)c1. The Labute approximate surface area is 101 Å². The molecule has 1 aromatic rings. The lowest BCUT2D eigenvalue weighted by Gasteiger charge is -2.05. The van der Waals surface area contributed by atoms with E-state index in [-0.39, 0.29) is 0 Å². The Balaban J connectivity index is 2.32. The summed E-state index contributed by atoms with van der Waals surface area (Å²) in [5.74, 6) is -0.412. The number of hydrogen-bond acceptors (Lipinski definition) is 3.